The second-order valence-corrected chi connectivity index (χ2v) is 7.49. The number of nitrogens with one attached hydrogen (secondary N) is 2. The van der Waals surface area contributed by atoms with Crippen LogP contribution in [0.2, 0.25) is 0 Å². The molecular formula is C20H17N3O4S. The summed E-state index contributed by atoms with van der Waals surface area (Å²) >= 11 is 0. The van der Waals surface area contributed by atoms with E-state index in [-0.39, 0.29) is 10.8 Å². The Kier molecular flexibility index (Phi) is 5.53. The molecule has 142 valence electrons. The Bertz CT molecular complexity index is 1110. The number of anilines is 2. The summed E-state index contributed by atoms with van der Waals surface area (Å²) < 4.78 is 22.8. The molecule has 3 aromatic rings. The maximum atomic E-state index is 12.4. The van der Waals surface area contributed by atoms with Crippen LogP contribution in [0.5, 0.6) is 0 Å². The molecule has 0 aliphatic heterocycles. The minimum atomic E-state index is -3.86. The largest absolute Gasteiger partial charge is 0.322 e. The van der Waals surface area contributed by atoms with Crippen molar-refractivity contribution in [2.24, 2.45) is 5.14 Å². The Morgan fingerprint density at radius 3 is 1.86 bits per heavy atom. The molecule has 0 spiro atoms. The fourth-order valence-electron chi connectivity index (χ4n) is 2.45. The summed E-state index contributed by atoms with van der Waals surface area (Å²) in [5.74, 6) is -0.676. The van der Waals surface area contributed by atoms with Crippen LogP contribution in [0.15, 0.2) is 83.8 Å². The van der Waals surface area contributed by atoms with Gasteiger partial charge >= 0.3 is 0 Å². The average molecular weight is 395 g/mol. The Morgan fingerprint density at radius 2 is 1.25 bits per heavy atom. The molecule has 7 nitrogen and oxygen atoms in total. The number of amides is 2. The number of carbonyl (C=O) groups excluding carboxylic acids is 2. The summed E-state index contributed by atoms with van der Waals surface area (Å²) in [6, 6.07) is 20.8. The van der Waals surface area contributed by atoms with E-state index in [0.717, 1.165) is 0 Å². The van der Waals surface area contributed by atoms with E-state index in [4.69, 9.17) is 5.14 Å². The zero-order valence-electron chi connectivity index (χ0n) is 14.6. The van der Waals surface area contributed by atoms with Gasteiger partial charge in [0.25, 0.3) is 11.8 Å². The molecule has 0 radical (unpaired) electrons. The van der Waals surface area contributed by atoms with Gasteiger partial charge in [-0.2, -0.15) is 0 Å². The molecule has 0 atom stereocenters. The zero-order chi connectivity index (χ0) is 20.1. The van der Waals surface area contributed by atoms with Crippen LogP contribution in [0, 0.1) is 0 Å². The molecule has 2 amide bonds. The first-order valence-corrected chi connectivity index (χ1v) is 9.78. The first-order valence-electron chi connectivity index (χ1n) is 8.23. The van der Waals surface area contributed by atoms with Crippen LogP contribution >= 0.6 is 0 Å². The van der Waals surface area contributed by atoms with E-state index in [1.807, 2.05) is 6.07 Å². The molecule has 3 rings (SSSR count). The van der Waals surface area contributed by atoms with Crippen LogP contribution in [0.4, 0.5) is 11.4 Å². The minimum absolute atomic E-state index is 0.0933. The highest BCUT2D eigenvalue weighted by Crippen LogP contribution is 2.16. The van der Waals surface area contributed by atoms with E-state index in [9.17, 15) is 18.0 Å². The SMILES string of the molecule is NS(=O)(=O)c1cccc(NC(=O)c2ccc(NC(=O)c3ccccc3)cc2)c1. The number of hydrogen-bond acceptors (Lipinski definition) is 4. The third-order valence-electron chi connectivity index (χ3n) is 3.86. The van der Waals surface area contributed by atoms with Crippen LogP contribution < -0.4 is 15.8 Å². The highest BCUT2D eigenvalue weighted by Gasteiger charge is 2.11. The smallest absolute Gasteiger partial charge is 0.255 e. The molecule has 8 heteroatoms. The molecule has 28 heavy (non-hydrogen) atoms. The summed E-state index contributed by atoms with van der Waals surface area (Å²) in [6.07, 6.45) is 0. The van der Waals surface area contributed by atoms with Crippen molar-refractivity contribution in [3.63, 3.8) is 0 Å². The Labute approximate surface area is 162 Å². The molecule has 4 N–H and O–H groups in total. The predicted octanol–water partition coefficient (Wildman–Crippen LogP) is 2.84. The standard InChI is InChI=1S/C20H17N3O4S/c21-28(26,27)18-8-4-7-17(13-18)23-20(25)15-9-11-16(12-10-15)22-19(24)14-5-2-1-3-6-14/h1-13H,(H,22,24)(H,23,25)(H2,21,26,27). The molecule has 0 aliphatic carbocycles. The number of nitrogens with two attached hydrogens (primary N) is 1. The first-order chi connectivity index (χ1) is 13.3. The second kappa shape index (κ2) is 8.03. The summed E-state index contributed by atoms with van der Waals surface area (Å²) in [5.41, 5.74) is 1.72. The molecule has 3 aromatic carbocycles. The van der Waals surface area contributed by atoms with E-state index in [2.05, 4.69) is 10.6 Å². The van der Waals surface area contributed by atoms with Gasteiger partial charge < -0.3 is 10.6 Å². The van der Waals surface area contributed by atoms with Crippen molar-refractivity contribution in [2.75, 3.05) is 10.6 Å². The van der Waals surface area contributed by atoms with Gasteiger partial charge in [0.05, 0.1) is 4.90 Å². The molecule has 0 aromatic heterocycles. The summed E-state index contributed by atoms with van der Waals surface area (Å²) in [4.78, 5) is 24.4. The van der Waals surface area contributed by atoms with Gasteiger partial charge in [-0.05, 0) is 54.6 Å². The zero-order valence-corrected chi connectivity index (χ0v) is 15.4. The molecule has 0 fully saturated rings. The summed E-state index contributed by atoms with van der Waals surface area (Å²) in [6.45, 7) is 0. The van der Waals surface area contributed by atoms with Gasteiger partial charge in [-0.3, -0.25) is 9.59 Å². The van der Waals surface area contributed by atoms with Crippen molar-refractivity contribution >= 4 is 33.2 Å². The lowest BCUT2D eigenvalue weighted by Gasteiger charge is -2.08. The topological polar surface area (TPSA) is 118 Å². The lowest BCUT2D eigenvalue weighted by molar-refractivity contribution is 0.102. The summed E-state index contributed by atoms with van der Waals surface area (Å²) in [5, 5.41) is 10.4. The molecule has 0 unspecified atom stereocenters. The maximum absolute atomic E-state index is 12.4. The highest BCUT2D eigenvalue weighted by molar-refractivity contribution is 7.89. The van der Waals surface area contributed by atoms with Crippen molar-refractivity contribution < 1.29 is 18.0 Å². The average Bonchev–Trinajstić information content (AvgIpc) is 2.69. The van der Waals surface area contributed by atoms with Gasteiger partial charge in [-0.1, -0.05) is 24.3 Å². The lowest BCUT2D eigenvalue weighted by atomic mass is 10.1. The van der Waals surface area contributed by atoms with E-state index >= 15 is 0 Å². The molecule has 0 bridgehead atoms. The van der Waals surface area contributed by atoms with Crippen molar-refractivity contribution in [3.8, 4) is 0 Å². The first kappa shape index (κ1) is 19.3. The van der Waals surface area contributed by atoms with Crippen LogP contribution in [0.1, 0.15) is 20.7 Å². The van der Waals surface area contributed by atoms with E-state index < -0.39 is 15.9 Å². The highest BCUT2D eigenvalue weighted by atomic mass is 32.2. The third kappa shape index (κ3) is 4.81. The fraction of sp³-hybridized carbons (Fsp3) is 0. The molecular weight excluding hydrogens is 378 g/mol. The van der Waals surface area contributed by atoms with Gasteiger partial charge in [0.1, 0.15) is 0 Å². The van der Waals surface area contributed by atoms with Crippen molar-refractivity contribution in [3.05, 3.63) is 90.0 Å². The van der Waals surface area contributed by atoms with E-state index in [0.29, 0.717) is 22.5 Å². The number of sulfonamides is 1. The van der Waals surface area contributed by atoms with Crippen LogP contribution in [-0.2, 0) is 10.0 Å². The fourth-order valence-corrected chi connectivity index (χ4v) is 3.01. The van der Waals surface area contributed by atoms with E-state index in [1.54, 1.807) is 54.6 Å². The Hall–Kier alpha value is -3.49. The van der Waals surface area contributed by atoms with Crippen molar-refractivity contribution in [2.45, 2.75) is 4.90 Å². The lowest BCUT2D eigenvalue weighted by Crippen LogP contribution is -2.15. The van der Waals surface area contributed by atoms with Gasteiger partial charge in [0.2, 0.25) is 10.0 Å². The van der Waals surface area contributed by atoms with Crippen LogP contribution in [0.3, 0.4) is 0 Å². The Balaban J connectivity index is 1.68. The number of benzene rings is 3. The third-order valence-corrected chi connectivity index (χ3v) is 4.77. The van der Waals surface area contributed by atoms with Crippen LogP contribution in [0.25, 0.3) is 0 Å². The second-order valence-electron chi connectivity index (χ2n) is 5.92. The number of primary sulfonamides is 1. The maximum Gasteiger partial charge on any atom is 0.255 e. The number of hydrogen-bond donors (Lipinski definition) is 3. The van der Waals surface area contributed by atoms with Crippen molar-refractivity contribution in [1.29, 1.82) is 0 Å². The van der Waals surface area contributed by atoms with Crippen LogP contribution in [-0.4, -0.2) is 20.2 Å². The van der Waals surface area contributed by atoms with E-state index in [1.165, 1.54) is 18.2 Å². The van der Waals surface area contributed by atoms with Gasteiger partial charge in [0, 0.05) is 22.5 Å². The summed E-state index contributed by atoms with van der Waals surface area (Å²) in [7, 11) is -3.86. The van der Waals surface area contributed by atoms with Crippen molar-refractivity contribution in [1.82, 2.24) is 0 Å². The molecule has 0 saturated carbocycles. The number of rotatable bonds is 5. The quantitative estimate of drug-likeness (QED) is 0.615. The normalized spacial score (nSPS) is 10.9. The molecule has 0 aliphatic rings. The van der Waals surface area contributed by atoms with Gasteiger partial charge in [-0.25, -0.2) is 13.6 Å². The monoisotopic (exact) mass is 395 g/mol. The Morgan fingerprint density at radius 1 is 0.679 bits per heavy atom. The number of carbonyl (C=O) groups is 2. The predicted molar refractivity (Wildman–Crippen MR) is 107 cm³/mol. The minimum Gasteiger partial charge on any atom is -0.322 e. The molecule has 0 saturated heterocycles. The van der Waals surface area contributed by atoms with Gasteiger partial charge in [-0.15, -0.1) is 0 Å². The molecule has 0 heterocycles. The van der Waals surface area contributed by atoms with Gasteiger partial charge in [0.15, 0.2) is 0 Å².